The molecule has 0 aliphatic carbocycles. The van der Waals surface area contributed by atoms with E-state index in [0.717, 1.165) is 35.3 Å². The standard InChI is InChI=1S/C20H10I2O3/c21-11-5-7-15-17(9-11)24-18-10-12(22)6-8-16(18)20(15)14-4-2-1-3-13(14)19(23)25-20/h1-10H. The molecule has 3 nitrogen and oxygen atoms in total. The Morgan fingerprint density at radius 1 is 0.760 bits per heavy atom. The van der Waals surface area contributed by atoms with Gasteiger partial charge in [-0.25, -0.2) is 4.79 Å². The van der Waals surface area contributed by atoms with Crippen molar-refractivity contribution in [1.82, 2.24) is 0 Å². The maximum absolute atomic E-state index is 12.6. The van der Waals surface area contributed by atoms with Crippen LogP contribution in [0.15, 0.2) is 60.7 Å². The highest BCUT2D eigenvalue weighted by atomic mass is 127. The molecule has 2 aliphatic rings. The average Bonchev–Trinajstić information content (AvgIpc) is 2.88. The Labute approximate surface area is 171 Å². The molecule has 0 saturated carbocycles. The van der Waals surface area contributed by atoms with Crippen LogP contribution in [0.25, 0.3) is 0 Å². The van der Waals surface area contributed by atoms with Gasteiger partial charge in [-0.1, -0.05) is 18.2 Å². The lowest BCUT2D eigenvalue weighted by Crippen LogP contribution is -2.33. The first kappa shape index (κ1) is 15.6. The smallest absolute Gasteiger partial charge is 0.340 e. The van der Waals surface area contributed by atoms with Crippen LogP contribution in [0.4, 0.5) is 0 Å². The van der Waals surface area contributed by atoms with Gasteiger partial charge < -0.3 is 9.47 Å². The highest BCUT2D eigenvalue weighted by Gasteiger charge is 2.53. The second-order valence-electron chi connectivity index (χ2n) is 6.00. The first-order valence-corrected chi connectivity index (χ1v) is 9.86. The number of hydrogen-bond donors (Lipinski definition) is 0. The van der Waals surface area contributed by atoms with Crippen LogP contribution in [-0.4, -0.2) is 5.97 Å². The van der Waals surface area contributed by atoms with Crippen LogP contribution in [0.1, 0.15) is 27.0 Å². The highest BCUT2D eigenvalue weighted by Crippen LogP contribution is 2.56. The Bertz CT molecular complexity index is 1010. The van der Waals surface area contributed by atoms with Gasteiger partial charge in [-0.05, 0) is 87.6 Å². The molecule has 3 aromatic rings. The summed E-state index contributed by atoms with van der Waals surface area (Å²) in [6, 6.07) is 19.6. The number of carbonyl (C=O) groups excluding carboxylic acids is 1. The summed E-state index contributed by atoms with van der Waals surface area (Å²) < 4.78 is 14.4. The predicted molar refractivity (Wildman–Crippen MR) is 110 cm³/mol. The minimum atomic E-state index is -0.953. The zero-order valence-electron chi connectivity index (χ0n) is 12.8. The minimum absolute atomic E-state index is 0.300. The summed E-state index contributed by atoms with van der Waals surface area (Å²) in [7, 11) is 0. The quantitative estimate of drug-likeness (QED) is 0.275. The topological polar surface area (TPSA) is 35.5 Å². The molecule has 5 heteroatoms. The first-order valence-electron chi connectivity index (χ1n) is 7.70. The fourth-order valence-electron chi connectivity index (χ4n) is 3.62. The molecule has 0 bridgehead atoms. The fraction of sp³-hybridized carbons (Fsp3) is 0.0500. The van der Waals surface area contributed by atoms with Gasteiger partial charge in [0.2, 0.25) is 0 Å². The molecule has 0 atom stereocenters. The van der Waals surface area contributed by atoms with E-state index in [9.17, 15) is 4.79 Å². The monoisotopic (exact) mass is 552 g/mol. The summed E-state index contributed by atoms with van der Waals surface area (Å²) in [6.07, 6.45) is 0. The predicted octanol–water partition coefficient (Wildman–Crippen LogP) is 5.46. The number of ether oxygens (including phenoxy) is 2. The zero-order valence-corrected chi connectivity index (χ0v) is 17.1. The van der Waals surface area contributed by atoms with Gasteiger partial charge >= 0.3 is 5.97 Å². The van der Waals surface area contributed by atoms with E-state index in [1.807, 2.05) is 60.7 Å². The number of halogens is 2. The van der Waals surface area contributed by atoms with Crippen molar-refractivity contribution in [3.8, 4) is 11.5 Å². The molecule has 0 radical (unpaired) electrons. The Morgan fingerprint density at radius 2 is 1.36 bits per heavy atom. The lowest BCUT2D eigenvalue weighted by Gasteiger charge is -2.36. The van der Waals surface area contributed by atoms with Gasteiger partial charge in [0.05, 0.1) is 5.56 Å². The van der Waals surface area contributed by atoms with Crippen LogP contribution >= 0.6 is 45.2 Å². The van der Waals surface area contributed by atoms with Crippen molar-refractivity contribution in [1.29, 1.82) is 0 Å². The van der Waals surface area contributed by atoms with Crippen LogP contribution in [0, 0.1) is 7.14 Å². The Morgan fingerprint density at radius 3 is 2.00 bits per heavy atom. The number of carbonyl (C=O) groups is 1. The summed E-state index contributed by atoms with van der Waals surface area (Å²) >= 11 is 4.52. The van der Waals surface area contributed by atoms with Gasteiger partial charge in [0.15, 0.2) is 5.60 Å². The normalized spacial score (nSPS) is 15.8. The van der Waals surface area contributed by atoms with Crippen molar-refractivity contribution in [2.75, 3.05) is 0 Å². The first-order chi connectivity index (χ1) is 12.1. The second-order valence-corrected chi connectivity index (χ2v) is 8.49. The third kappa shape index (κ3) is 2.11. The summed E-state index contributed by atoms with van der Waals surface area (Å²) in [6.45, 7) is 0. The van der Waals surface area contributed by atoms with Gasteiger partial charge in [0.25, 0.3) is 0 Å². The van der Waals surface area contributed by atoms with Crippen molar-refractivity contribution in [2.45, 2.75) is 5.60 Å². The zero-order chi connectivity index (χ0) is 17.2. The van der Waals surface area contributed by atoms with E-state index in [4.69, 9.17) is 9.47 Å². The van der Waals surface area contributed by atoms with Gasteiger partial charge in [0.1, 0.15) is 11.5 Å². The largest absolute Gasteiger partial charge is 0.456 e. The number of esters is 1. The maximum Gasteiger partial charge on any atom is 0.340 e. The molecule has 122 valence electrons. The van der Waals surface area contributed by atoms with Crippen molar-refractivity contribution in [2.24, 2.45) is 0 Å². The lowest BCUT2D eigenvalue weighted by molar-refractivity contribution is 0.0224. The van der Waals surface area contributed by atoms with Crippen LogP contribution in [-0.2, 0) is 10.3 Å². The molecule has 3 aromatic carbocycles. The Hall–Kier alpha value is -1.61. The summed E-state index contributed by atoms with van der Waals surface area (Å²) in [5.41, 5.74) is 2.25. The third-order valence-electron chi connectivity index (χ3n) is 4.64. The lowest BCUT2D eigenvalue weighted by atomic mass is 9.78. The molecule has 2 heterocycles. The highest BCUT2D eigenvalue weighted by molar-refractivity contribution is 14.1. The van der Waals surface area contributed by atoms with Crippen LogP contribution in [0.2, 0.25) is 0 Å². The number of hydrogen-bond acceptors (Lipinski definition) is 3. The fourth-order valence-corrected chi connectivity index (χ4v) is 4.55. The van der Waals surface area contributed by atoms with Crippen LogP contribution < -0.4 is 4.74 Å². The summed E-state index contributed by atoms with van der Waals surface area (Å²) in [5, 5.41) is 0. The maximum atomic E-state index is 12.6. The van der Waals surface area contributed by atoms with Crippen molar-refractivity contribution < 1.29 is 14.3 Å². The van der Waals surface area contributed by atoms with Crippen LogP contribution in [0.5, 0.6) is 11.5 Å². The van der Waals surface area contributed by atoms with E-state index in [1.54, 1.807) is 0 Å². The van der Waals surface area contributed by atoms with E-state index in [2.05, 4.69) is 45.2 Å². The SMILES string of the molecule is O=C1OC2(c3ccc(I)cc3Oc3cc(I)ccc32)c2ccccc21. The number of rotatable bonds is 0. The average molecular weight is 552 g/mol. The van der Waals surface area contributed by atoms with Gasteiger partial charge in [-0.15, -0.1) is 0 Å². The molecular formula is C20H10I2O3. The molecule has 1 spiro atoms. The molecular weight excluding hydrogens is 542 g/mol. The number of fused-ring (bicyclic) bond motifs is 6. The molecule has 0 unspecified atom stereocenters. The number of benzene rings is 3. The van der Waals surface area contributed by atoms with E-state index < -0.39 is 5.60 Å². The molecule has 25 heavy (non-hydrogen) atoms. The van der Waals surface area contributed by atoms with E-state index in [0.29, 0.717) is 5.56 Å². The minimum Gasteiger partial charge on any atom is -0.456 e. The second kappa shape index (κ2) is 5.44. The van der Waals surface area contributed by atoms with E-state index in [-0.39, 0.29) is 5.97 Å². The van der Waals surface area contributed by atoms with Gasteiger partial charge in [0, 0.05) is 23.8 Å². The molecule has 2 aliphatic heterocycles. The van der Waals surface area contributed by atoms with Crippen molar-refractivity contribution >= 4 is 51.2 Å². The molecule has 0 N–H and O–H groups in total. The van der Waals surface area contributed by atoms with Crippen molar-refractivity contribution in [3.63, 3.8) is 0 Å². The molecule has 0 amide bonds. The third-order valence-corrected chi connectivity index (χ3v) is 5.98. The van der Waals surface area contributed by atoms with Crippen molar-refractivity contribution in [3.05, 3.63) is 90.1 Å². The van der Waals surface area contributed by atoms with Gasteiger partial charge in [-0.3, -0.25) is 0 Å². The summed E-state index contributed by atoms with van der Waals surface area (Å²) in [5.74, 6) is 1.16. The van der Waals surface area contributed by atoms with E-state index >= 15 is 0 Å². The molecule has 0 fully saturated rings. The van der Waals surface area contributed by atoms with Gasteiger partial charge in [-0.2, -0.15) is 0 Å². The van der Waals surface area contributed by atoms with E-state index in [1.165, 1.54) is 0 Å². The molecule has 0 aromatic heterocycles. The summed E-state index contributed by atoms with van der Waals surface area (Å²) in [4.78, 5) is 12.6. The van der Waals surface area contributed by atoms with Crippen LogP contribution in [0.3, 0.4) is 0 Å². The molecule has 0 saturated heterocycles. The Kier molecular flexibility index (Phi) is 3.40. The molecule has 5 rings (SSSR count). The Balaban J connectivity index is 1.91.